The first-order valence-electron chi connectivity index (χ1n) is 7.88. The van der Waals surface area contributed by atoms with Crippen molar-refractivity contribution in [3.8, 4) is 0 Å². The highest BCUT2D eigenvalue weighted by Gasteiger charge is 2.16. The Bertz CT molecular complexity index is 686. The van der Waals surface area contributed by atoms with Gasteiger partial charge in [-0.15, -0.1) is 0 Å². The van der Waals surface area contributed by atoms with E-state index in [-0.39, 0.29) is 5.56 Å². The highest BCUT2D eigenvalue weighted by Crippen LogP contribution is 2.21. The van der Waals surface area contributed by atoms with Crippen LogP contribution in [0.25, 0.3) is 0 Å². The summed E-state index contributed by atoms with van der Waals surface area (Å²) in [5, 5.41) is 4.29. The molecule has 0 bridgehead atoms. The number of rotatable bonds is 5. The lowest BCUT2D eigenvalue weighted by molar-refractivity contribution is 0.551. The third kappa shape index (κ3) is 3.45. The minimum Gasteiger partial charge on any atom is -0.320 e. The molecule has 1 aromatic heterocycles. The summed E-state index contributed by atoms with van der Waals surface area (Å²) in [6, 6.07) is 9.57. The molecule has 4 heteroatoms. The van der Waals surface area contributed by atoms with Crippen molar-refractivity contribution >= 4 is 0 Å². The summed E-state index contributed by atoms with van der Waals surface area (Å²) < 4.78 is 1.52. The van der Waals surface area contributed by atoms with Crippen LogP contribution in [0.1, 0.15) is 61.5 Å². The van der Waals surface area contributed by atoms with Gasteiger partial charge in [-0.2, -0.15) is 5.10 Å². The zero-order valence-electron chi connectivity index (χ0n) is 13.8. The fourth-order valence-corrected chi connectivity index (χ4v) is 2.55. The van der Waals surface area contributed by atoms with Crippen molar-refractivity contribution < 1.29 is 0 Å². The zero-order valence-corrected chi connectivity index (χ0v) is 13.8. The molecule has 2 aromatic rings. The van der Waals surface area contributed by atoms with E-state index in [9.17, 15) is 4.79 Å². The van der Waals surface area contributed by atoms with Gasteiger partial charge in [0.2, 0.25) is 0 Å². The molecular formula is C18H25N3O. The van der Waals surface area contributed by atoms with E-state index in [4.69, 9.17) is 5.73 Å². The van der Waals surface area contributed by atoms with Crippen molar-refractivity contribution in [3.63, 3.8) is 0 Å². The Kier molecular flexibility index (Phi) is 5.14. The number of benzene rings is 1. The van der Waals surface area contributed by atoms with Crippen molar-refractivity contribution in [2.75, 3.05) is 0 Å². The minimum absolute atomic E-state index is 0.0899. The normalized spacial score (nSPS) is 12.6. The maximum absolute atomic E-state index is 12.5. The minimum atomic E-state index is -0.418. The Labute approximate surface area is 132 Å². The monoisotopic (exact) mass is 299 g/mol. The maximum atomic E-state index is 12.5. The fourth-order valence-electron chi connectivity index (χ4n) is 2.55. The number of aromatic nitrogens is 2. The maximum Gasteiger partial charge on any atom is 0.271 e. The predicted molar refractivity (Wildman–Crippen MR) is 90.1 cm³/mol. The molecular weight excluding hydrogens is 274 g/mol. The molecule has 22 heavy (non-hydrogen) atoms. The van der Waals surface area contributed by atoms with Crippen LogP contribution in [0, 0.1) is 6.92 Å². The van der Waals surface area contributed by atoms with Gasteiger partial charge in [0.05, 0.1) is 11.7 Å². The van der Waals surface area contributed by atoms with Crippen LogP contribution >= 0.6 is 0 Å². The summed E-state index contributed by atoms with van der Waals surface area (Å²) in [7, 11) is 0. The third-order valence-corrected chi connectivity index (χ3v) is 3.86. The second-order valence-corrected chi connectivity index (χ2v) is 6.07. The van der Waals surface area contributed by atoms with Crippen molar-refractivity contribution in [2.45, 2.75) is 52.6 Å². The summed E-state index contributed by atoms with van der Waals surface area (Å²) in [4.78, 5) is 12.5. The van der Waals surface area contributed by atoms with Crippen molar-refractivity contribution in [1.29, 1.82) is 0 Å². The Balaban J connectivity index is 2.40. The highest BCUT2D eigenvalue weighted by atomic mass is 16.1. The first-order chi connectivity index (χ1) is 10.4. The van der Waals surface area contributed by atoms with E-state index in [2.05, 4.69) is 31.1 Å². The number of hydrogen-bond donors (Lipinski definition) is 1. The molecule has 0 aliphatic heterocycles. The Morgan fingerprint density at radius 3 is 2.32 bits per heavy atom. The molecule has 0 saturated heterocycles. The molecule has 4 nitrogen and oxygen atoms in total. The molecule has 1 heterocycles. The topological polar surface area (TPSA) is 60.9 Å². The lowest BCUT2D eigenvalue weighted by Crippen LogP contribution is -2.31. The quantitative estimate of drug-likeness (QED) is 0.922. The summed E-state index contributed by atoms with van der Waals surface area (Å²) >= 11 is 0. The second kappa shape index (κ2) is 6.88. The first kappa shape index (κ1) is 16.4. The SMILES string of the molecule is CCCn1nc(C)cc(C(N)c2ccc(C(C)C)cc2)c1=O. The molecule has 0 spiro atoms. The van der Waals surface area contributed by atoms with E-state index in [1.165, 1.54) is 10.2 Å². The van der Waals surface area contributed by atoms with Gasteiger partial charge in [-0.05, 0) is 36.5 Å². The van der Waals surface area contributed by atoms with Gasteiger partial charge in [0.25, 0.3) is 5.56 Å². The van der Waals surface area contributed by atoms with Crippen molar-refractivity contribution in [1.82, 2.24) is 9.78 Å². The van der Waals surface area contributed by atoms with Crippen LogP contribution in [-0.2, 0) is 6.54 Å². The molecule has 2 rings (SSSR count). The van der Waals surface area contributed by atoms with E-state index in [0.717, 1.165) is 17.7 Å². The lowest BCUT2D eigenvalue weighted by atomic mass is 9.96. The van der Waals surface area contributed by atoms with Gasteiger partial charge in [0.15, 0.2) is 0 Å². The lowest BCUT2D eigenvalue weighted by Gasteiger charge is -2.15. The van der Waals surface area contributed by atoms with Gasteiger partial charge in [-0.3, -0.25) is 4.79 Å². The molecule has 0 radical (unpaired) electrons. The van der Waals surface area contributed by atoms with Crippen LogP contribution in [0.2, 0.25) is 0 Å². The first-order valence-corrected chi connectivity index (χ1v) is 7.88. The standard InChI is InChI=1S/C18H25N3O/c1-5-10-21-18(22)16(11-13(4)20-21)17(19)15-8-6-14(7-9-15)12(2)3/h6-9,11-12,17H,5,10,19H2,1-4H3. The summed E-state index contributed by atoms with van der Waals surface area (Å²) in [5.41, 5.74) is 9.90. The Morgan fingerprint density at radius 2 is 1.77 bits per heavy atom. The van der Waals surface area contributed by atoms with Crippen LogP contribution in [0.15, 0.2) is 35.1 Å². The van der Waals surface area contributed by atoms with E-state index in [1.807, 2.05) is 26.0 Å². The smallest absolute Gasteiger partial charge is 0.271 e. The number of aryl methyl sites for hydroxylation is 2. The van der Waals surface area contributed by atoms with Crippen LogP contribution in [0.4, 0.5) is 0 Å². The van der Waals surface area contributed by atoms with Gasteiger partial charge in [0, 0.05) is 12.1 Å². The molecule has 2 N–H and O–H groups in total. The molecule has 0 aliphatic rings. The van der Waals surface area contributed by atoms with Crippen LogP contribution in [0.3, 0.4) is 0 Å². The molecule has 0 fully saturated rings. The number of hydrogen-bond acceptors (Lipinski definition) is 3. The van der Waals surface area contributed by atoms with Gasteiger partial charge >= 0.3 is 0 Å². The summed E-state index contributed by atoms with van der Waals surface area (Å²) in [6.45, 7) is 8.85. The summed E-state index contributed by atoms with van der Waals surface area (Å²) in [6.07, 6.45) is 0.869. The molecule has 0 aliphatic carbocycles. The number of nitrogens with two attached hydrogens (primary N) is 1. The molecule has 118 valence electrons. The molecule has 1 unspecified atom stereocenters. The Hall–Kier alpha value is -1.94. The van der Waals surface area contributed by atoms with Crippen LogP contribution in [-0.4, -0.2) is 9.78 Å². The molecule has 0 saturated carbocycles. The molecule has 0 amide bonds. The average Bonchev–Trinajstić information content (AvgIpc) is 2.50. The Morgan fingerprint density at radius 1 is 1.18 bits per heavy atom. The van der Waals surface area contributed by atoms with E-state index in [0.29, 0.717) is 18.0 Å². The van der Waals surface area contributed by atoms with Gasteiger partial charge in [-0.25, -0.2) is 4.68 Å². The molecule has 1 aromatic carbocycles. The van der Waals surface area contributed by atoms with Gasteiger partial charge < -0.3 is 5.73 Å². The fraction of sp³-hybridized carbons (Fsp3) is 0.444. The van der Waals surface area contributed by atoms with E-state index < -0.39 is 6.04 Å². The van der Waals surface area contributed by atoms with Gasteiger partial charge in [0.1, 0.15) is 0 Å². The molecule has 1 atom stereocenters. The van der Waals surface area contributed by atoms with Gasteiger partial charge in [-0.1, -0.05) is 45.0 Å². The van der Waals surface area contributed by atoms with Crippen LogP contribution < -0.4 is 11.3 Å². The van der Waals surface area contributed by atoms with Crippen molar-refractivity contribution in [2.24, 2.45) is 5.73 Å². The largest absolute Gasteiger partial charge is 0.320 e. The predicted octanol–water partition coefficient (Wildman–Crippen LogP) is 3.13. The number of nitrogens with zero attached hydrogens (tertiary/aromatic N) is 2. The van der Waals surface area contributed by atoms with E-state index >= 15 is 0 Å². The average molecular weight is 299 g/mol. The highest BCUT2D eigenvalue weighted by molar-refractivity contribution is 5.33. The third-order valence-electron chi connectivity index (χ3n) is 3.86. The van der Waals surface area contributed by atoms with Crippen LogP contribution in [0.5, 0.6) is 0 Å². The second-order valence-electron chi connectivity index (χ2n) is 6.07. The summed E-state index contributed by atoms with van der Waals surface area (Å²) in [5.74, 6) is 0.482. The van der Waals surface area contributed by atoms with Crippen molar-refractivity contribution in [3.05, 3.63) is 63.1 Å². The zero-order chi connectivity index (χ0) is 16.3. The van der Waals surface area contributed by atoms with E-state index in [1.54, 1.807) is 6.07 Å².